The quantitative estimate of drug-likeness (QED) is 0.864. The number of nitrogens with zero attached hydrogens (tertiary/aromatic N) is 1. The lowest BCUT2D eigenvalue weighted by Gasteiger charge is -2.37. The van der Waals surface area contributed by atoms with E-state index in [1.54, 1.807) is 0 Å². The molecule has 22 heavy (non-hydrogen) atoms. The summed E-state index contributed by atoms with van der Waals surface area (Å²) < 4.78 is 42.8. The van der Waals surface area contributed by atoms with E-state index >= 15 is 0 Å². The number of carbonyl (C=O) groups is 2. The van der Waals surface area contributed by atoms with Gasteiger partial charge in [0.2, 0.25) is 5.91 Å². The smallest absolute Gasteiger partial charge is 0.381 e. The van der Waals surface area contributed by atoms with Crippen LogP contribution in [-0.4, -0.2) is 48.8 Å². The Balaban J connectivity index is 1.55. The van der Waals surface area contributed by atoms with Crippen molar-refractivity contribution < 1.29 is 27.5 Å². The Morgan fingerprint density at radius 2 is 1.91 bits per heavy atom. The third-order valence-corrected chi connectivity index (χ3v) is 4.84. The summed E-state index contributed by atoms with van der Waals surface area (Å²) in [5.41, 5.74) is 0. The third kappa shape index (κ3) is 3.21. The van der Waals surface area contributed by atoms with Crippen LogP contribution >= 0.6 is 0 Å². The largest absolute Gasteiger partial charge is 0.392 e. The Morgan fingerprint density at radius 3 is 2.45 bits per heavy atom. The molecule has 8 heteroatoms. The maximum atomic E-state index is 12.5. The summed E-state index contributed by atoms with van der Waals surface area (Å²) in [5, 5.41) is 2.78. The van der Waals surface area contributed by atoms with E-state index in [1.165, 1.54) is 0 Å². The van der Waals surface area contributed by atoms with E-state index in [0.717, 1.165) is 17.7 Å². The molecule has 0 aromatic heterocycles. The second-order valence-corrected chi connectivity index (χ2v) is 6.36. The predicted molar refractivity (Wildman–Crippen MR) is 69.8 cm³/mol. The molecule has 1 N–H and O–H groups in total. The highest BCUT2D eigenvalue weighted by atomic mass is 19.4. The van der Waals surface area contributed by atoms with E-state index in [1.807, 2.05) is 0 Å². The molecule has 0 bridgehead atoms. The maximum Gasteiger partial charge on any atom is 0.392 e. The molecule has 3 atom stereocenters. The van der Waals surface area contributed by atoms with Crippen molar-refractivity contribution in [1.82, 2.24) is 10.2 Å². The minimum absolute atomic E-state index is 0.00392. The van der Waals surface area contributed by atoms with Crippen LogP contribution in [0.3, 0.4) is 0 Å². The second-order valence-electron chi connectivity index (χ2n) is 6.36. The van der Waals surface area contributed by atoms with E-state index in [-0.39, 0.29) is 37.3 Å². The van der Waals surface area contributed by atoms with Gasteiger partial charge in [0.25, 0.3) is 0 Å². The van der Waals surface area contributed by atoms with Gasteiger partial charge >= 0.3 is 12.2 Å². The van der Waals surface area contributed by atoms with Crippen LogP contribution in [0, 0.1) is 17.8 Å². The van der Waals surface area contributed by atoms with Crippen LogP contribution in [0.25, 0.3) is 0 Å². The summed E-state index contributed by atoms with van der Waals surface area (Å²) >= 11 is 0. The van der Waals surface area contributed by atoms with Crippen molar-refractivity contribution in [3.05, 3.63) is 0 Å². The number of hydrogen-bond acceptors (Lipinski definition) is 3. The molecule has 1 unspecified atom stereocenters. The van der Waals surface area contributed by atoms with Crippen molar-refractivity contribution in [3.8, 4) is 0 Å². The Bertz CT molecular complexity index is 445. The minimum atomic E-state index is -4.23. The van der Waals surface area contributed by atoms with Gasteiger partial charge in [-0.05, 0) is 31.1 Å². The van der Waals surface area contributed by atoms with Gasteiger partial charge in [-0.1, -0.05) is 0 Å². The van der Waals surface area contributed by atoms with Gasteiger partial charge in [0, 0.05) is 32.2 Å². The van der Waals surface area contributed by atoms with Crippen molar-refractivity contribution >= 4 is 11.9 Å². The summed E-state index contributed by atoms with van der Waals surface area (Å²) in [6.45, 7) is 1.10. The third-order valence-electron chi connectivity index (χ3n) is 4.84. The molecule has 2 heterocycles. The molecular weight excluding hydrogens is 301 g/mol. The van der Waals surface area contributed by atoms with Crippen molar-refractivity contribution in [2.24, 2.45) is 17.8 Å². The Labute approximate surface area is 126 Å². The normalized spacial score (nSPS) is 33.8. The summed E-state index contributed by atoms with van der Waals surface area (Å²) in [7, 11) is 0. The fourth-order valence-corrected chi connectivity index (χ4v) is 3.37. The number of hydrogen-bond donors (Lipinski definition) is 1. The van der Waals surface area contributed by atoms with Crippen LogP contribution in [-0.2, 0) is 9.53 Å². The molecular formula is C14H19F3N2O3. The van der Waals surface area contributed by atoms with Crippen LogP contribution in [0.15, 0.2) is 0 Å². The van der Waals surface area contributed by atoms with E-state index in [9.17, 15) is 22.8 Å². The number of urea groups is 1. The minimum Gasteiger partial charge on any atom is -0.381 e. The van der Waals surface area contributed by atoms with E-state index in [4.69, 9.17) is 4.74 Å². The molecule has 0 spiro atoms. The molecule has 1 aliphatic carbocycles. The molecule has 3 rings (SSSR count). The number of nitrogens with one attached hydrogen (secondary N) is 1. The molecule has 0 radical (unpaired) electrons. The van der Waals surface area contributed by atoms with Crippen molar-refractivity contribution in [2.75, 3.05) is 19.8 Å². The zero-order chi connectivity index (χ0) is 15.9. The number of carbonyl (C=O) groups excluding carboxylic acids is 2. The lowest BCUT2D eigenvalue weighted by molar-refractivity contribution is -0.152. The van der Waals surface area contributed by atoms with E-state index in [2.05, 4.69) is 5.32 Å². The summed E-state index contributed by atoms with van der Waals surface area (Å²) in [6, 6.07) is -0.779. The van der Waals surface area contributed by atoms with Crippen LogP contribution in [0.1, 0.15) is 25.7 Å². The van der Waals surface area contributed by atoms with Gasteiger partial charge in [-0.25, -0.2) is 4.79 Å². The van der Waals surface area contributed by atoms with Gasteiger partial charge in [0.05, 0.1) is 5.92 Å². The molecule has 1 saturated carbocycles. The lowest BCUT2D eigenvalue weighted by atomic mass is 9.88. The monoisotopic (exact) mass is 320 g/mol. The first-order chi connectivity index (χ1) is 10.4. The Kier molecular flexibility index (Phi) is 4.05. The first-order valence-corrected chi connectivity index (χ1v) is 7.61. The maximum absolute atomic E-state index is 12.5. The van der Waals surface area contributed by atoms with Crippen molar-refractivity contribution in [1.29, 1.82) is 0 Å². The first kappa shape index (κ1) is 15.6. The fourth-order valence-electron chi connectivity index (χ4n) is 3.37. The number of imide groups is 1. The lowest BCUT2D eigenvalue weighted by Crippen LogP contribution is -2.57. The van der Waals surface area contributed by atoms with Crippen LogP contribution in [0.5, 0.6) is 0 Å². The number of halogens is 3. The molecule has 3 aliphatic rings. The van der Waals surface area contributed by atoms with Gasteiger partial charge in [-0.15, -0.1) is 0 Å². The average Bonchev–Trinajstić information content (AvgIpc) is 3.23. The standard InChI is InChI=1S/C14H19F3N2O3/c15-14(16,17)10-5-9(10)7-19-12(20)6-11(18-13(19)21)8-1-3-22-4-2-8/h8-11H,1-7H2,(H,18,21)/t9-,10+,11?/m0/s1. The highest BCUT2D eigenvalue weighted by Gasteiger charge is 2.56. The topological polar surface area (TPSA) is 58.6 Å². The van der Waals surface area contributed by atoms with Crippen LogP contribution in [0.4, 0.5) is 18.0 Å². The van der Waals surface area contributed by atoms with Gasteiger partial charge in [0.1, 0.15) is 0 Å². The molecule has 3 amide bonds. The number of amides is 3. The molecule has 124 valence electrons. The number of ether oxygens (including phenoxy) is 1. The van der Waals surface area contributed by atoms with Gasteiger partial charge in [0.15, 0.2) is 0 Å². The highest BCUT2D eigenvalue weighted by molar-refractivity contribution is 5.97. The molecule has 5 nitrogen and oxygen atoms in total. The summed E-state index contributed by atoms with van der Waals surface area (Å²) in [4.78, 5) is 25.1. The molecule has 2 aliphatic heterocycles. The summed E-state index contributed by atoms with van der Waals surface area (Å²) in [5.74, 6) is -2.18. The van der Waals surface area contributed by atoms with Gasteiger partial charge < -0.3 is 10.1 Å². The Morgan fingerprint density at radius 1 is 1.23 bits per heavy atom. The van der Waals surface area contributed by atoms with E-state index in [0.29, 0.717) is 13.2 Å². The molecule has 0 aromatic carbocycles. The first-order valence-electron chi connectivity index (χ1n) is 7.61. The fraction of sp³-hybridized carbons (Fsp3) is 0.857. The zero-order valence-corrected chi connectivity index (χ0v) is 12.1. The second kappa shape index (κ2) is 5.72. The van der Waals surface area contributed by atoms with Crippen LogP contribution < -0.4 is 5.32 Å². The van der Waals surface area contributed by atoms with Crippen molar-refractivity contribution in [2.45, 2.75) is 37.9 Å². The zero-order valence-electron chi connectivity index (χ0n) is 12.1. The summed E-state index contributed by atoms with van der Waals surface area (Å²) in [6.07, 6.45) is -2.48. The number of alkyl halides is 3. The highest BCUT2D eigenvalue weighted by Crippen LogP contribution is 2.50. The molecule has 0 aromatic rings. The van der Waals surface area contributed by atoms with Gasteiger partial charge in [-0.2, -0.15) is 13.2 Å². The van der Waals surface area contributed by atoms with Crippen LogP contribution in [0.2, 0.25) is 0 Å². The molecule has 3 fully saturated rings. The van der Waals surface area contributed by atoms with E-state index < -0.39 is 24.0 Å². The predicted octanol–water partition coefficient (Wildman–Crippen LogP) is 1.92. The SMILES string of the molecule is O=C1CC(C2CCOCC2)NC(=O)N1C[C@@H]1C[C@H]1C(F)(F)F. The van der Waals surface area contributed by atoms with Gasteiger partial charge in [-0.3, -0.25) is 9.69 Å². The average molecular weight is 320 g/mol. The molecule has 2 saturated heterocycles. The Hall–Kier alpha value is -1.31. The van der Waals surface area contributed by atoms with Crippen molar-refractivity contribution in [3.63, 3.8) is 0 Å². The number of rotatable bonds is 3.